The highest BCUT2D eigenvalue weighted by atomic mass is 32.1. The van der Waals surface area contributed by atoms with E-state index in [1.54, 1.807) is 14.2 Å². The Bertz CT molecular complexity index is 1030. The number of ether oxygens (including phenoxy) is 2. The summed E-state index contributed by atoms with van der Waals surface area (Å²) in [5.41, 5.74) is 4.35. The second-order valence-corrected chi connectivity index (χ2v) is 7.48. The molecule has 0 saturated carbocycles. The number of fused-ring (bicyclic) bond motifs is 1. The van der Waals surface area contributed by atoms with Gasteiger partial charge in [0.1, 0.15) is 5.75 Å². The Balaban J connectivity index is 1.98. The molecule has 1 amide bonds. The maximum absolute atomic E-state index is 12.6. The molecule has 5 nitrogen and oxygen atoms in total. The van der Waals surface area contributed by atoms with Crippen molar-refractivity contribution in [3.05, 3.63) is 57.9 Å². The van der Waals surface area contributed by atoms with E-state index in [9.17, 15) is 4.79 Å². The number of aromatic nitrogens is 1. The molecule has 27 heavy (non-hydrogen) atoms. The smallest absolute Gasteiger partial charge is 0.252 e. The van der Waals surface area contributed by atoms with Crippen LogP contribution >= 0.6 is 11.3 Å². The number of hydrogen-bond acceptors (Lipinski definition) is 4. The largest absolute Gasteiger partial charge is 0.497 e. The highest BCUT2D eigenvalue weighted by molar-refractivity contribution is 7.16. The zero-order valence-electron chi connectivity index (χ0n) is 16.1. The van der Waals surface area contributed by atoms with Gasteiger partial charge < -0.3 is 14.0 Å². The molecule has 1 aromatic heterocycles. The van der Waals surface area contributed by atoms with Crippen molar-refractivity contribution < 1.29 is 14.3 Å². The third-order valence-corrected chi connectivity index (χ3v) is 5.51. The van der Waals surface area contributed by atoms with Crippen LogP contribution in [-0.4, -0.2) is 31.3 Å². The van der Waals surface area contributed by atoms with Crippen molar-refractivity contribution in [3.63, 3.8) is 0 Å². The zero-order chi connectivity index (χ0) is 19.4. The van der Waals surface area contributed by atoms with Crippen LogP contribution in [0.15, 0.2) is 41.4 Å². The van der Waals surface area contributed by atoms with Gasteiger partial charge in [-0.1, -0.05) is 35.1 Å². The summed E-state index contributed by atoms with van der Waals surface area (Å²) in [4.78, 5) is 17.7. The molecule has 1 heterocycles. The monoisotopic (exact) mass is 384 g/mol. The molecule has 142 valence electrons. The molecule has 2 aromatic carbocycles. The highest BCUT2D eigenvalue weighted by Crippen LogP contribution is 2.23. The molecule has 0 unspecified atom stereocenters. The highest BCUT2D eigenvalue weighted by Gasteiger charge is 2.10. The van der Waals surface area contributed by atoms with Crippen LogP contribution in [0.5, 0.6) is 5.75 Å². The molecule has 0 N–H and O–H groups in total. The average Bonchev–Trinajstić information content (AvgIpc) is 2.98. The van der Waals surface area contributed by atoms with E-state index in [2.05, 4.69) is 11.1 Å². The van der Waals surface area contributed by atoms with E-state index in [1.807, 2.05) is 48.7 Å². The van der Waals surface area contributed by atoms with Gasteiger partial charge in [0.15, 0.2) is 4.80 Å². The van der Waals surface area contributed by atoms with Crippen molar-refractivity contribution in [2.75, 3.05) is 20.8 Å². The molecular weight excluding hydrogens is 360 g/mol. The third kappa shape index (κ3) is 4.46. The quantitative estimate of drug-likeness (QED) is 0.652. The van der Waals surface area contributed by atoms with Crippen LogP contribution < -0.4 is 9.54 Å². The average molecular weight is 385 g/mol. The molecule has 3 aromatic rings. The number of carbonyl (C=O) groups is 1. The summed E-state index contributed by atoms with van der Waals surface area (Å²) in [7, 11) is 3.31. The Morgan fingerprint density at radius 1 is 1.15 bits per heavy atom. The van der Waals surface area contributed by atoms with Crippen LogP contribution in [0.3, 0.4) is 0 Å². The van der Waals surface area contributed by atoms with Crippen molar-refractivity contribution in [1.82, 2.24) is 4.57 Å². The van der Waals surface area contributed by atoms with E-state index in [-0.39, 0.29) is 5.91 Å². The number of carbonyl (C=O) groups excluding carboxylic acids is 1. The maximum atomic E-state index is 12.6. The Hall–Kier alpha value is -2.44. The van der Waals surface area contributed by atoms with Gasteiger partial charge in [-0.05, 0) is 43.2 Å². The first-order valence-electron chi connectivity index (χ1n) is 8.82. The number of thiazole rings is 1. The second kappa shape index (κ2) is 8.50. The minimum atomic E-state index is -0.147. The first-order chi connectivity index (χ1) is 13.0. The van der Waals surface area contributed by atoms with Crippen molar-refractivity contribution >= 4 is 27.5 Å². The lowest BCUT2D eigenvalue weighted by atomic mass is 10.0. The normalized spacial score (nSPS) is 11.9. The van der Waals surface area contributed by atoms with Gasteiger partial charge in [0.2, 0.25) is 0 Å². The van der Waals surface area contributed by atoms with Crippen LogP contribution in [0.1, 0.15) is 16.7 Å². The lowest BCUT2D eigenvalue weighted by molar-refractivity contribution is -0.117. The predicted octanol–water partition coefficient (Wildman–Crippen LogP) is 3.64. The van der Waals surface area contributed by atoms with Gasteiger partial charge in [-0.25, -0.2) is 0 Å². The second-order valence-electron chi connectivity index (χ2n) is 6.47. The Labute approximate surface area is 162 Å². The minimum absolute atomic E-state index is 0.147. The van der Waals surface area contributed by atoms with Gasteiger partial charge in [-0.2, -0.15) is 4.99 Å². The van der Waals surface area contributed by atoms with Crippen molar-refractivity contribution in [1.29, 1.82) is 0 Å². The van der Waals surface area contributed by atoms with E-state index < -0.39 is 0 Å². The summed E-state index contributed by atoms with van der Waals surface area (Å²) < 4.78 is 13.6. The first kappa shape index (κ1) is 19.3. The zero-order valence-corrected chi connectivity index (χ0v) is 16.9. The van der Waals surface area contributed by atoms with Crippen molar-refractivity contribution in [3.8, 4) is 5.75 Å². The maximum Gasteiger partial charge on any atom is 0.252 e. The van der Waals surface area contributed by atoms with E-state index >= 15 is 0 Å². The van der Waals surface area contributed by atoms with Crippen molar-refractivity contribution in [2.45, 2.75) is 26.8 Å². The molecule has 0 saturated heterocycles. The van der Waals surface area contributed by atoms with E-state index in [1.165, 1.54) is 16.9 Å². The molecule has 0 spiro atoms. The topological polar surface area (TPSA) is 52.8 Å². The molecule has 0 aliphatic carbocycles. The molecule has 0 fully saturated rings. The lowest BCUT2D eigenvalue weighted by Crippen LogP contribution is -2.19. The molecule has 0 aliphatic rings. The van der Waals surface area contributed by atoms with Crippen LogP contribution in [0.4, 0.5) is 0 Å². The van der Waals surface area contributed by atoms with Crippen molar-refractivity contribution in [2.24, 2.45) is 4.99 Å². The summed E-state index contributed by atoms with van der Waals surface area (Å²) in [5.74, 6) is 0.641. The first-order valence-corrected chi connectivity index (χ1v) is 9.63. The molecule has 0 atom stereocenters. The van der Waals surface area contributed by atoms with Crippen LogP contribution in [-0.2, 0) is 22.5 Å². The van der Waals surface area contributed by atoms with E-state index in [0.717, 1.165) is 27.1 Å². The molecule has 6 heteroatoms. The van der Waals surface area contributed by atoms with E-state index in [4.69, 9.17) is 9.47 Å². The fraction of sp³-hybridized carbons (Fsp3) is 0.333. The van der Waals surface area contributed by atoms with Gasteiger partial charge in [0.25, 0.3) is 5.91 Å². The summed E-state index contributed by atoms with van der Waals surface area (Å²) in [6.07, 6.45) is 0.300. The number of methoxy groups -OCH3 is 2. The third-order valence-electron chi connectivity index (χ3n) is 4.47. The Morgan fingerprint density at radius 3 is 2.67 bits per heavy atom. The minimum Gasteiger partial charge on any atom is -0.497 e. The predicted molar refractivity (Wildman–Crippen MR) is 108 cm³/mol. The van der Waals surface area contributed by atoms with Gasteiger partial charge in [0, 0.05) is 13.7 Å². The number of benzene rings is 2. The fourth-order valence-electron chi connectivity index (χ4n) is 3.02. The number of aryl methyl sites for hydroxylation is 2. The van der Waals surface area contributed by atoms with Crippen LogP contribution in [0.25, 0.3) is 10.2 Å². The van der Waals surface area contributed by atoms with Crippen LogP contribution in [0, 0.1) is 13.8 Å². The molecule has 0 bridgehead atoms. The molecule has 3 rings (SSSR count). The molecule has 0 radical (unpaired) electrons. The standard InChI is InChI=1S/C21H24N2O3S/c1-14-5-6-16(15(2)11-14)12-20(24)22-21-23(9-10-25-3)18-8-7-17(26-4)13-19(18)27-21/h5-8,11,13H,9-10,12H2,1-4H3. The fourth-order valence-corrected chi connectivity index (χ4v) is 4.12. The Kier molecular flexibility index (Phi) is 6.08. The van der Waals surface area contributed by atoms with Gasteiger partial charge in [-0.3, -0.25) is 4.79 Å². The summed E-state index contributed by atoms with van der Waals surface area (Å²) in [6.45, 7) is 5.27. The number of rotatable bonds is 6. The number of hydrogen-bond donors (Lipinski definition) is 0. The SMILES string of the molecule is COCCn1c(=NC(=O)Cc2ccc(C)cc2C)sc2cc(OC)ccc21. The summed E-state index contributed by atoms with van der Waals surface area (Å²) >= 11 is 1.49. The number of amides is 1. The summed E-state index contributed by atoms with van der Waals surface area (Å²) in [5, 5.41) is 0. The molecular formula is C21H24N2O3S. The van der Waals surface area contributed by atoms with Gasteiger partial charge >= 0.3 is 0 Å². The van der Waals surface area contributed by atoms with Gasteiger partial charge in [0.05, 0.1) is 30.4 Å². The van der Waals surface area contributed by atoms with E-state index in [0.29, 0.717) is 24.4 Å². The van der Waals surface area contributed by atoms with Crippen LogP contribution in [0.2, 0.25) is 0 Å². The Morgan fingerprint density at radius 2 is 1.96 bits per heavy atom. The summed E-state index contributed by atoms with van der Waals surface area (Å²) in [6, 6.07) is 12.0. The lowest BCUT2D eigenvalue weighted by Gasteiger charge is -2.06. The number of nitrogens with zero attached hydrogens (tertiary/aromatic N) is 2. The van der Waals surface area contributed by atoms with Gasteiger partial charge in [-0.15, -0.1) is 0 Å². The molecule has 0 aliphatic heterocycles.